The molecule has 1 N–H and O–H groups in total. The van der Waals surface area contributed by atoms with E-state index in [-0.39, 0.29) is 35.6 Å². The maximum atomic E-state index is 12.9. The minimum absolute atomic E-state index is 0.0722. The van der Waals surface area contributed by atoms with Gasteiger partial charge in [-0.25, -0.2) is 18.2 Å². The Morgan fingerprint density at radius 1 is 1.36 bits per heavy atom. The Bertz CT molecular complexity index is 669. The monoisotopic (exact) mass is 326 g/mol. The summed E-state index contributed by atoms with van der Waals surface area (Å²) in [4.78, 5) is 11.8. The summed E-state index contributed by atoms with van der Waals surface area (Å²) in [7, 11) is -2.98. The topological polar surface area (TPSA) is 75.6 Å². The summed E-state index contributed by atoms with van der Waals surface area (Å²) in [5, 5.41) is 4.07. The molecule has 0 unspecified atom stereocenters. The molecule has 0 aliphatic carbocycles. The van der Waals surface area contributed by atoms with Crippen LogP contribution in [0.25, 0.3) is 0 Å². The van der Waals surface area contributed by atoms with Crippen LogP contribution >= 0.6 is 0 Å². The van der Waals surface area contributed by atoms with Crippen LogP contribution in [0.3, 0.4) is 0 Å². The molecular weight excluding hydrogens is 307 g/mol. The lowest BCUT2D eigenvalue weighted by molar-refractivity contribution is -0.121. The SMILES string of the molecule is CC/C(=N/NC(=O)C[C@H]1CCS(=O)(=O)C1)c1ccc(F)cc1. The second-order valence-corrected chi connectivity index (χ2v) is 7.66. The van der Waals surface area contributed by atoms with E-state index in [2.05, 4.69) is 10.5 Å². The second kappa shape index (κ2) is 7.00. The molecule has 7 heteroatoms. The fraction of sp³-hybridized carbons (Fsp3) is 0.467. The average Bonchev–Trinajstić information content (AvgIpc) is 2.80. The van der Waals surface area contributed by atoms with Gasteiger partial charge in [0.15, 0.2) is 9.84 Å². The third-order valence-electron chi connectivity index (χ3n) is 3.63. The zero-order chi connectivity index (χ0) is 16.2. The molecule has 0 bridgehead atoms. The van der Waals surface area contributed by atoms with E-state index in [1.165, 1.54) is 12.1 Å². The van der Waals surface area contributed by atoms with Gasteiger partial charge in [-0.05, 0) is 36.5 Å². The van der Waals surface area contributed by atoms with Crippen molar-refractivity contribution in [2.24, 2.45) is 11.0 Å². The lowest BCUT2D eigenvalue weighted by atomic mass is 10.1. The van der Waals surface area contributed by atoms with E-state index >= 15 is 0 Å². The van der Waals surface area contributed by atoms with Crippen molar-refractivity contribution in [2.45, 2.75) is 26.2 Å². The second-order valence-electron chi connectivity index (χ2n) is 5.43. The van der Waals surface area contributed by atoms with E-state index in [1.54, 1.807) is 12.1 Å². The van der Waals surface area contributed by atoms with Crippen molar-refractivity contribution in [3.63, 3.8) is 0 Å². The van der Waals surface area contributed by atoms with Crippen molar-refractivity contribution in [3.05, 3.63) is 35.6 Å². The standard InChI is InChI=1S/C15H19FN2O3S/c1-2-14(12-3-5-13(16)6-4-12)17-18-15(19)9-11-7-8-22(20,21)10-11/h3-6,11H,2,7-10H2,1H3,(H,18,19)/b17-14-/t11-/m1/s1. The van der Waals surface area contributed by atoms with Crippen molar-refractivity contribution in [3.8, 4) is 0 Å². The number of amides is 1. The Labute approximate surface area is 129 Å². The van der Waals surface area contributed by atoms with Gasteiger partial charge in [0.2, 0.25) is 5.91 Å². The fourth-order valence-corrected chi connectivity index (χ4v) is 4.32. The number of halogens is 1. The third kappa shape index (κ3) is 4.62. The van der Waals surface area contributed by atoms with E-state index < -0.39 is 9.84 Å². The summed E-state index contributed by atoms with van der Waals surface area (Å²) in [6, 6.07) is 5.89. The van der Waals surface area contributed by atoms with Crippen LogP contribution in [0.1, 0.15) is 31.7 Å². The fourth-order valence-electron chi connectivity index (χ4n) is 2.46. The molecule has 1 aromatic rings. The highest BCUT2D eigenvalue weighted by Gasteiger charge is 2.29. The molecule has 1 fully saturated rings. The summed E-state index contributed by atoms with van der Waals surface area (Å²) >= 11 is 0. The summed E-state index contributed by atoms with van der Waals surface area (Å²) in [6.45, 7) is 1.89. The summed E-state index contributed by atoms with van der Waals surface area (Å²) in [5.74, 6) is -0.524. The van der Waals surface area contributed by atoms with Crippen LogP contribution in [0.15, 0.2) is 29.4 Å². The van der Waals surface area contributed by atoms with Gasteiger partial charge in [0, 0.05) is 6.42 Å². The molecule has 1 aromatic carbocycles. The molecule has 1 saturated heterocycles. The first-order valence-corrected chi connectivity index (χ1v) is 9.03. The molecule has 1 amide bonds. The van der Waals surface area contributed by atoms with Gasteiger partial charge < -0.3 is 0 Å². The highest BCUT2D eigenvalue weighted by Crippen LogP contribution is 2.21. The molecular formula is C15H19FN2O3S. The van der Waals surface area contributed by atoms with E-state index in [0.717, 1.165) is 5.56 Å². The molecule has 1 aliphatic rings. The van der Waals surface area contributed by atoms with E-state index in [1.807, 2.05) is 6.92 Å². The summed E-state index contributed by atoms with van der Waals surface area (Å²) in [6.07, 6.45) is 1.27. The lowest BCUT2D eigenvalue weighted by Gasteiger charge is -2.08. The zero-order valence-electron chi connectivity index (χ0n) is 12.4. The summed E-state index contributed by atoms with van der Waals surface area (Å²) in [5.41, 5.74) is 3.85. The molecule has 0 saturated carbocycles. The van der Waals surface area contributed by atoms with Gasteiger partial charge in [-0.1, -0.05) is 19.1 Å². The average molecular weight is 326 g/mol. The number of rotatable bonds is 5. The van der Waals surface area contributed by atoms with Crippen LogP contribution in [0, 0.1) is 11.7 Å². The maximum absolute atomic E-state index is 12.9. The van der Waals surface area contributed by atoms with Crippen LogP contribution in [0.4, 0.5) is 4.39 Å². The van der Waals surface area contributed by atoms with Crippen molar-refractivity contribution in [1.82, 2.24) is 5.43 Å². The molecule has 120 valence electrons. The van der Waals surface area contributed by atoms with Crippen molar-refractivity contribution >= 4 is 21.5 Å². The molecule has 0 spiro atoms. The number of nitrogens with zero attached hydrogens (tertiary/aromatic N) is 1. The Hall–Kier alpha value is -1.76. The highest BCUT2D eigenvalue weighted by molar-refractivity contribution is 7.91. The number of sulfone groups is 1. The first-order valence-electron chi connectivity index (χ1n) is 7.21. The number of hydrogen-bond acceptors (Lipinski definition) is 4. The number of benzene rings is 1. The first kappa shape index (κ1) is 16.6. The minimum atomic E-state index is -2.98. The van der Waals surface area contributed by atoms with Crippen LogP contribution in [-0.4, -0.2) is 31.5 Å². The van der Waals surface area contributed by atoms with E-state index in [4.69, 9.17) is 0 Å². The van der Waals surface area contributed by atoms with Crippen LogP contribution < -0.4 is 5.43 Å². The predicted molar refractivity (Wildman–Crippen MR) is 82.7 cm³/mol. The Balaban J connectivity index is 1.94. The molecule has 1 aliphatic heterocycles. The van der Waals surface area contributed by atoms with Crippen LogP contribution in [0.5, 0.6) is 0 Å². The van der Waals surface area contributed by atoms with Gasteiger partial charge in [0.05, 0.1) is 17.2 Å². The number of carbonyl (C=O) groups excluding carboxylic acids is 1. The third-order valence-corrected chi connectivity index (χ3v) is 5.47. The number of carbonyl (C=O) groups is 1. The van der Waals surface area contributed by atoms with Gasteiger partial charge in [-0.2, -0.15) is 5.10 Å². The van der Waals surface area contributed by atoms with Crippen molar-refractivity contribution in [1.29, 1.82) is 0 Å². The van der Waals surface area contributed by atoms with Crippen LogP contribution in [-0.2, 0) is 14.6 Å². The molecule has 5 nitrogen and oxygen atoms in total. The van der Waals surface area contributed by atoms with Crippen molar-refractivity contribution < 1.29 is 17.6 Å². The Morgan fingerprint density at radius 2 is 2.05 bits per heavy atom. The normalized spacial score (nSPS) is 20.8. The van der Waals surface area contributed by atoms with Crippen molar-refractivity contribution in [2.75, 3.05) is 11.5 Å². The van der Waals surface area contributed by atoms with E-state index in [0.29, 0.717) is 18.6 Å². The van der Waals surface area contributed by atoms with Crippen LogP contribution in [0.2, 0.25) is 0 Å². The number of hydrogen-bond donors (Lipinski definition) is 1. The van der Waals surface area contributed by atoms with Gasteiger partial charge in [0.25, 0.3) is 0 Å². The van der Waals surface area contributed by atoms with E-state index in [9.17, 15) is 17.6 Å². The first-order chi connectivity index (χ1) is 10.4. The molecule has 1 heterocycles. The highest BCUT2D eigenvalue weighted by atomic mass is 32.2. The quantitative estimate of drug-likeness (QED) is 0.663. The van der Waals surface area contributed by atoms with Gasteiger partial charge in [0.1, 0.15) is 5.82 Å². The minimum Gasteiger partial charge on any atom is -0.273 e. The Morgan fingerprint density at radius 3 is 2.59 bits per heavy atom. The summed E-state index contributed by atoms with van der Waals surface area (Å²) < 4.78 is 35.6. The number of nitrogens with one attached hydrogen (secondary N) is 1. The predicted octanol–water partition coefficient (Wildman–Crippen LogP) is 1.88. The molecule has 22 heavy (non-hydrogen) atoms. The van der Waals surface area contributed by atoms with Gasteiger partial charge in [-0.15, -0.1) is 0 Å². The largest absolute Gasteiger partial charge is 0.273 e. The molecule has 2 rings (SSSR count). The zero-order valence-corrected chi connectivity index (χ0v) is 13.2. The Kier molecular flexibility index (Phi) is 5.28. The molecule has 0 radical (unpaired) electrons. The molecule has 0 aromatic heterocycles. The van der Waals surface area contributed by atoms with Gasteiger partial charge >= 0.3 is 0 Å². The maximum Gasteiger partial charge on any atom is 0.240 e. The number of hydrazone groups is 1. The molecule has 1 atom stereocenters. The van der Waals surface area contributed by atoms with Gasteiger partial charge in [-0.3, -0.25) is 4.79 Å². The lowest BCUT2D eigenvalue weighted by Crippen LogP contribution is -2.23. The smallest absolute Gasteiger partial charge is 0.240 e.